The normalized spacial score (nSPS) is 13.1. The highest BCUT2D eigenvalue weighted by Gasteiger charge is 2.14. The van der Waals surface area contributed by atoms with Crippen LogP contribution in [0.2, 0.25) is 5.02 Å². The number of H-pyrrole nitrogens is 1. The van der Waals surface area contributed by atoms with Gasteiger partial charge in [0.25, 0.3) is 5.91 Å². The maximum absolute atomic E-state index is 12.6. The number of halogens is 1. The number of amides is 1. The first kappa shape index (κ1) is 21.9. The van der Waals surface area contributed by atoms with E-state index < -0.39 is 0 Å². The predicted molar refractivity (Wildman–Crippen MR) is 138 cm³/mol. The standard InChI is InChI=1S/C27H24ClN5O/c1-2-19-7-3-4-8-21(19)26(34)29-17-18-9-11-22(28)24(15-18)31-27-30-23-12-10-20(16-25(23)32-27)33-13-5-6-14-33/h1,3-4,7-12,15-16H,5-6,13-14,17H2,(H,29,34)(H2,30,31,32). The van der Waals surface area contributed by atoms with E-state index in [0.717, 1.165) is 29.7 Å². The van der Waals surface area contributed by atoms with Crippen LogP contribution in [0.1, 0.15) is 34.3 Å². The molecular formula is C27H24ClN5O. The molecule has 0 radical (unpaired) electrons. The van der Waals surface area contributed by atoms with E-state index in [9.17, 15) is 4.79 Å². The molecule has 1 aliphatic heterocycles. The highest BCUT2D eigenvalue weighted by Crippen LogP contribution is 2.29. The van der Waals surface area contributed by atoms with Crippen LogP contribution in [0.15, 0.2) is 60.7 Å². The number of hydrogen-bond donors (Lipinski definition) is 3. The Balaban J connectivity index is 1.30. The molecule has 1 aliphatic rings. The fraction of sp³-hybridized carbons (Fsp3) is 0.185. The SMILES string of the molecule is C#Cc1ccccc1C(=O)NCc1ccc(Cl)c(Nc2nc3ccc(N4CCCC4)cc3[nH]2)c1. The molecule has 1 amide bonds. The van der Waals surface area contributed by atoms with Crippen molar-refractivity contribution in [3.8, 4) is 12.3 Å². The zero-order valence-electron chi connectivity index (χ0n) is 18.6. The average Bonchev–Trinajstić information content (AvgIpc) is 3.53. The number of anilines is 3. The Hall–Kier alpha value is -3.95. The summed E-state index contributed by atoms with van der Waals surface area (Å²) in [5.74, 6) is 2.94. The first-order valence-corrected chi connectivity index (χ1v) is 11.6. The second-order valence-electron chi connectivity index (χ2n) is 8.29. The van der Waals surface area contributed by atoms with Crippen LogP contribution >= 0.6 is 11.6 Å². The van der Waals surface area contributed by atoms with E-state index in [-0.39, 0.29) is 5.91 Å². The number of aromatic nitrogens is 2. The smallest absolute Gasteiger partial charge is 0.252 e. The van der Waals surface area contributed by atoms with Crippen molar-refractivity contribution < 1.29 is 4.79 Å². The lowest BCUT2D eigenvalue weighted by Crippen LogP contribution is -2.23. The number of carbonyl (C=O) groups excluding carboxylic acids is 1. The van der Waals surface area contributed by atoms with Crippen LogP contribution in [0, 0.1) is 12.3 Å². The molecule has 0 atom stereocenters. The van der Waals surface area contributed by atoms with Crippen molar-refractivity contribution in [3.05, 3.63) is 82.4 Å². The molecule has 0 unspecified atom stereocenters. The minimum atomic E-state index is -0.218. The van der Waals surface area contributed by atoms with Gasteiger partial charge in [0, 0.05) is 30.9 Å². The monoisotopic (exact) mass is 469 g/mol. The molecule has 4 aromatic rings. The zero-order valence-corrected chi connectivity index (χ0v) is 19.3. The Morgan fingerprint density at radius 3 is 2.76 bits per heavy atom. The third kappa shape index (κ3) is 4.57. The van der Waals surface area contributed by atoms with Gasteiger partial charge in [-0.3, -0.25) is 4.79 Å². The van der Waals surface area contributed by atoms with Crippen molar-refractivity contribution in [1.82, 2.24) is 15.3 Å². The summed E-state index contributed by atoms with van der Waals surface area (Å²) in [7, 11) is 0. The summed E-state index contributed by atoms with van der Waals surface area (Å²) in [5, 5.41) is 6.76. The summed E-state index contributed by atoms with van der Waals surface area (Å²) in [6.07, 6.45) is 7.98. The fourth-order valence-corrected chi connectivity index (χ4v) is 4.38. The Morgan fingerprint density at radius 2 is 1.94 bits per heavy atom. The fourth-order valence-electron chi connectivity index (χ4n) is 4.22. The van der Waals surface area contributed by atoms with Gasteiger partial charge in [0.1, 0.15) is 0 Å². The topological polar surface area (TPSA) is 73.1 Å². The third-order valence-corrected chi connectivity index (χ3v) is 6.33. The van der Waals surface area contributed by atoms with Gasteiger partial charge in [0.15, 0.2) is 0 Å². The summed E-state index contributed by atoms with van der Waals surface area (Å²) in [5.41, 5.74) is 5.71. The van der Waals surface area contributed by atoms with E-state index in [1.165, 1.54) is 18.5 Å². The molecule has 5 rings (SSSR count). The first-order chi connectivity index (χ1) is 16.6. The zero-order chi connectivity index (χ0) is 23.5. The Morgan fingerprint density at radius 1 is 1.12 bits per heavy atom. The highest BCUT2D eigenvalue weighted by atomic mass is 35.5. The van der Waals surface area contributed by atoms with Crippen LogP contribution in [0.4, 0.5) is 17.3 Å². The molecule has 0 aliphatic carbocycles. The van der Waals surface area contributed by atoms with Crippen molar-refractivity contribution in [1.29, 1.82) is 0 Å². The highest BCUT2D eigenvalue weighted by molar-refractivity contribution is 6.33. The van der Waals surface area contributed by atoms with Crippen LogP contribution in [0.25, 0.3) is 11.0 Å². The van der Waals surface area contributed by atoms with Crippen molar-refractivity contribution in [2.75, 3.05) is 23.3 Å². The molecule has 1 saturated heterocycles. The molecule has 2 heterocycles. The summed E-state index contributed by atoms with van der Waals surface area (Å²) in [6, 6.07) is 18.9. The lowest BCUT2D eigenvalue weighted by molar-refractivity contribution is 0.0950. The Labute approximate surface area is 203 Å². The minimum absolute atomic E-state index is 0.218. The molecule has 0 saturated carbocycles. The van der Waals surface area contributed by atoms with Gasteiger partial charge < -0.3 is 20.5 Å². The molecule has 1 aromatic heterocycles. The largest absolute Gasteiger partial charge is 0.371 e. The second-order valence-corrected chi connectivity index (χ2v) is 8.70. The Bertz CT molecular complexity index is 1400. The summed E-state index contributed by atoms with van der Waals surface area (Å²) < 4.78 is 0. The van der Waals surface area contributed by atoms with Crippen molar-refractivity contribution in [2.24, 2.45) is 0 Å². The van der Waals surface area contributed by atoms with E-state index in [2.05, 4.69) is 43.6 Å². The molecular weight excluding hydrogens is 446 g/mol. The van der Waals surface area contributed by atoms with Gasteiger partial charge in [-0.25, -0.2) is 4.98 Å². The molecule has 170 valence electrons. The number of rotatable bonds is 6. The van der Waals surface area contributed by atoms with Gasteiger partial charge >= 0.3 is 0 Å². The quantitative estimate of drug-likeness (QED) is 0.327. The minimum Gasteiger partial charge on any atom is -0.371 e. The van der Waals surface area contributed by atoms with Crippen LogP contribution in [-0.2, 0) is 6.54 Å². The molecule has 0 bridgehead atoms. The molecule has 1 fully saturated rings. The van der Waals surface area contributed by atoms with Gasteiger partial charge in [-0.05, 0) is 60.9 Å². The van der Waals surface area contributed by atoms with E-state index >= 15 is 0 Å². The van der Waals surface area contributed by atoms with Gasteiger partial charge in [-0.15, -0.1) is 6.42 Å². The third-order valence-electron chi connectivity index (χ3n) is 6.00. The second kappa shape index (κ2) is 9.50. The van der Waals surface area contributed by atoms with Gasteiger partial charge in [-0.2, -0.15) is 0 Å². The summed E-state index contributed by atoms with van der Waals surface area (Å²) >= 11 is 6.43. The number of nitrogens with one attached hydrogen (secondary N) is 3. The van der Waals surface area contributed by atoms with Crippen LogP contribution < -0.4 is 15.5 Å². The van der Waals surface area contributed by atoms with E-state index in [1.807, 2.05) is 24.3 Å². The van der Waals surface area contributed by atoms with Gasteiger partial charge in [0.05, 0.1) is 27.3 Å². The lowest BCUT2D eigenvalue weighted by Gasteiger charge is -2.17. The number of imidazole rings is 1. The van der Waals surface area contributed by atoms with Crippen molar-refractivity contribution >= 4 is 45.9 Å². The average molecular weight is 470 g/mol. The lowest BCUT2D eigenvalue weighted by atomic mass is 10.1. The van der Waals surface area contributed by atoms with Crippen LogP contribution in [0.3, 0.4) is 0 Å². The van der Waals surface area contributed by atoms with Gasteiger partial charge in [-0.1, -0.05) is 35.7 Å². The molecule has 34 heavy (non-hydrogen) atoms. The maximum atomic E-state index is 12.6. The maximum Gasteiger partial charge on any atom is 0.252 e. The molecule has 3 N–H and O–H groups in total. The molecule has 7 heteroatoms. The predicted octanol–water partition coefficient (Wildman–Crippen LogP) is 5.47. The Kier molecular flexibility index (Phi) is 6.11. The number of carbonyl (C=O) groups is 1. The number of terminal acetylenes is 1. The molecule has 3 aromatic carbocycles. The molecule has 6 nitrogen and oxygen atoms in total. The molecule has 0 spiro atoms. The summed E-state index contributed by atoms with van der Waals surface area (Å²) in [6.45, 7) is 2.53. The van der Waals surface area contributed by atoms with Crippen molar-refractivity contribution in [2.45, 2.75) is 19.4 Å². The van der Waals surface area contributed by atoms with Crippen molar-refractivity contribution in [3.63, 3.8) is 0 Å². The van der Waals surface area contributed by atoms with E-state index in [4.69, 9.17) is 18.0 Å². The van der Waals surface area contributed by atoms with Crippen LogP contribution in [0.5, 0.6) is 0 Å². The number of nitrogens with zero attached hydrogens (tertiary/aromatic N) is 2. The summed E-state index contributed by atoms with van der Waals surface area (Å²) in [4.78, 5) is 23.0. The van der Waals surface area contributed by atoms with Crippen LogP contribution in [-0.4, -0.2) is 29.0 Å². The number of fused-ring (bicyclic) bond motifs is 1. The number of hydrogen-bond acceptors (Lipinski definition) is 4. The van der Waals surface area contributed by atoms with E-state index in [0.29, 0.717) is 34.3 Å². The number of benzene rings is 3. The van der Waals surface area contributed by atoms with Gasteiger partial charge in [0.2, 0.25) is 5.95 Å². The number of aromatic amines is 1. The van der Waals surface area contributed by atoms with E-state index in [1.54, 1.807) is 24.3 Å². The first-order valence-electron chi connectivity index (χ1n) is 11.2.